The monoisotopic (exact) mass is 230 g/mol. The summed E-state index contributed by atoms with van der Waals surface area (Å²) in [4.78, 5) is 2.50. The molecule has 1 aliphatic carbocycles. The number of nitrogens with two attached hydrogens (primary N) is 1. The Morgan fingerprint density at radius 3 is 2.24 bits per heavy atom. The van der Waals surface area contributed by atoms with E-state index in [0.717, 1.165) is 6.42 Å². The average Bonchev–Trinajstić information content (AvgIpc) is 3.09. The molecule has 2 fully saturated rings. The minimum absolute atomic E-state index is 0.132. The lowest BCUT2D eigenvalue weighted by molar-refractivity contribution is 0.577. The molecule has 2 N–H and O–H groups in total. The van der Waals surface area contributed by atoms with Crippen molar-refractivity contribution in [1.29, 1.82) is 0 Å². The molecule has 17 heavy (non-hydrogen) atoms. The smallest absolute Gasteiger partial charge is 0.0366 e. The first kappa shape index (κ1) is 11.1. The first-order valence-corrected chi connectivity index (χ1v) is 6.88. The average molecular weight is 230 g/mol. The second kappa shape index (κ2) is 4.34. The Labute approximate surface area is 104 Å². The third kappa shape index (κ3) is 2.63. The molecule has 0 amide bonds. The van der Waals surface area contributed by atoms with E-state index in [1.54, 1.807) is 0 Å². The molecule has 92 valence electrons. The first-order chi connectivity index (χ1) is 8.25. The quantitative estimate of drug-likeness (QED) is 0.865. The van der Waals surface area contributed by atoms with Crippen LogP contribution in [0.4, 0.5) is 5.69 Å². The third-order valence-electron chi connectivity index (χ3n) is 4.11. The molecule has 1 aliphatic heterocycles. The molecule has 1 aromatic rings. The summed E-state index contributed by atoms with van der Waals surface area (Å²) in [7, 11) is 0. The SMILES string of the molecule is NC1(Cc2ccc(N3CCCCC3)cc2)CC1. The van der Waals surface area contributed by atoms with Gasteiger partial charge in [0.15, 0.2) is 0 Å². The lowest BCUT2D eigenvalue weighted by Crippen LogP contribution is -2.29. The van der Waals surface area contributed by atoms with Crippen molar-refractivity contribution < 1.29 is 0 Å². The van der Waals surface area contributed by atoms with Gasteiger partial charge >= 0.3 is 0 Å². The van der Waals surface area contributed by atoms with Crippen LogP contribution in [-0.4, -0.2) is 18.6 Å². The zero-order valence-electron chi connectivity index (χ0n) is 10.5. The normalized spacial score (nSPS) is 22.5. The number of hydrogen-bond donors (Lipinski definition) is 1. The predicted molar refractivity (Wildman–Crippen MR) is 72.4 cm³/mol. The zero-order chi connectivity index (χ0) is 11.7. The Hall–Kier alpha value is -1.02. The van der Waals surface area contributed by atoms with Crippen LogP contribution in [0.5, 0.6) is 0 Å². The van der Waals surface area contributed by atoms with Gasteiger partial charge in [-0.3, -0.25) is 0 Å². The van der Waals surface area contributed by atoms with Crippen LogP contribution in [0, 0.1) is 0 Å². The van der Waals surface area contributed by atoms with Gasteiger partial charge in [0.05, 0.1) is 0 Å². The van der Waals surface area contributed by atoms with Crippen molar-refractivity contribution in [2.45, 2.75) is 44.1 Å². The van der Waals surface area contributed by atoms with E-state index >= 15 is 0 Å². The summed E-state index contributed by atoms with van der Waals surface area (Å²) in [5.74, 6) is 0. The summed E-state index contributed by atoms with van der Waals surface area (Å²) in [6, 6.07) is 9.06. The Kier molecular flexibility index (Phi) is 2.83. The Morgan fingerprint density at radius 1 is 1.00 bits per heavy atom. The van der Waals surface area contributed by atoms with Gasteiger partial charge in [-0.2, -0.15) is 0 Å². The Morgan fingerprint density at radius 2 is 1.65 bits per heavy atom. The number of benzene rings is 1. The van der Waals surface area contributed by atoms with Gasteiger partial charge in [-0.25, -0.2) is 0 Å². The summed E-state index contributed by atoms with van der Waals surface area (Å²) in [6.45, 7) is 2.44. The molecule has 3 rings (SSSR count). The first-order valence-electron chi connectivity index (χ1n) is 6.88. The van der Waals surface area contributed by atoms with Crippen molar-refractivity contribution in [2.75, 3.05) is 18.0 Å². The second-order valence-electron chi connectivity index (χ2n) is 5.75. The minimum Gasteiger partial charge on any atom is -0.372 e. The van der Waals surface area contributed by atoms with E-state index < -0.39 is 0 Å². The molecule has 0 unspecified atom stereocenters. The molecule has 1 aromatic carbocycles. The summed E-state index contributed by atoms with van der Waals surface area (Å²) >= 11 is 0. The van der Waals surface area contributed by atoms with Crippen molar-refractivity contribution in [3.05, 3.63) is 29.8 Å². The van der Waals surface area contributed by atoms with Gasteiger partial charge < -0.3 is 10.6 Å². The number of rotatable bonds is 3. The van der Waals surface area contributed by atoms with E-state index in [-0.39, 0.29) is 5.54 Å². The highest BCUT2D eigenvalue weighted by atomic mass is 15.1. The van der Waals surface area contributed by atoms with E-state index in [4.69, 9.17) is 5.73 Å². The van der Waals surface area contributed by atoms with Crippen LogP contribution in [0.25, 0.3) is 0 Å². The molecule has 2 heteroatoms. The lowest BCUT2D eigenvalue weighted by Gasteiger charge is -2.29. The summed E-state index contributed by atoms with van der Waals surface area (Å²) in [5.41, 5.74) is 9.06. The molecule has 0 spiro atoms. The number of nitrogens with zero attached hydrogens (tertiary/aromatic N) is 1. The van der Waals surface area contributed by atoms with Gasteiger partial charge in [-0.1, -0.05) is 12.1 Å². The number of anilines is 1. The Bertz CT molecular complexity index is 372. The van der Waals surface area contributed by atoms with Crippen LogP contribution in [-0.2, 0) is 6.42 Å². The summed E-state index contributed by atoms with van der Waals surface area (Å²) < 4.78 is 0. The van der Waals surface area contributed by atoms with Crippen molar-refractivity contribution >= 4 is 5.69 Å². The fourth-order valence-electron chi connectivity index (χ4n) is 2.72. The maximum Gasteiger partial charge on any atom is 0.0366 e. The van der Waals surface area contributed by atoms with Gasteiger partial charge in [-0.05, 0) is 56.2 Å². The van der Waals surface area contributed by atoms with Gasteiger partial charge in [0, 0.05) is 24.3 Å². The van der Waals surface area contributed by atoms with Crippen molar-refractivity contribution in [2.24, 2.45) is 5.73 Å². The predicted octanol–water partition coefficient (Wildman–Crippen LogP) is 2.71. The van der Waals surface area contributed by atoms with E-state index in [2.05, 4.69) is 29.2 Å². The van der Waals surface area contributed by atoms with Crippen LogP contribution in [0.3, 0.4) is 0 Å². The topological polar surface area (TPSA) is 29.3 Å². The molecule has 2 aliphatic rings. The molecule has 0 atom stereocenters. The summed E-state index contributed by atoms with van der Waals surface area (Å²) in [6.07, 6.45) is 7.51. The van der Waals surface area contributed by atoms with E-state index in [9.17, 15) is 0 Å². The number of hydrogen-bond acceptors (Lipinski definition) is 2. The molecule has 0 aromatic heterocycles. The zero-order valence-corrected chi connectivity index (χ0v) is 10.5. The maximum atomic E-state index is 6.15. The fraction of sp³-hybridized carbons (Fsp3) is 0.600. The van der Waals surface area contributed by atoms with Crippen molar-refractivity contribution in [3.63, 3.8) is 0 Å². The van der Waals surface area contributed by atoms with E-state index in [1.165, 1.54) is 56.4 Å². The van der Waals surface area contributed by atoms with Crippen LogP contribution >= 0.6 is 0 Å². The van der Waals surface area contributed by atoms with Crippen LogP contribution < -0.4 is 10.6 Å². The molecule has 2 nitrogen and oxygen atoms in total. The van der Waals surface area contributed by atoms with Crippen LogP contribution in [0.15, 0.2) is 24.3 Å². The summed E-state index contributed by atoms with van der Waals surface area (Å²) in [5, 5.41) is 0. The van der Waals surface area contributed by atoms with Crippen molar-refractivity contribution in [3.8, 4) is 0 Å². The highest BCUT2D eigenvalue weighted by molar-refractivity contribution is 5.48. The maximum absolute atomic E-state index is 6.15. The molecule has 0 bridgehead atoms. The third-order valence-corrected chi connectivity index (χ3v) is 4.11. The molecule has 1 heterocycles. The van der Waals surface area contributed by atoms with Gasteiger partial charge in [0.1, 0.15) is 0 Å². The molecule has 1 saturated carbocycles. The molecular weight excluding hydrogens is 208 g/mol. The van der Waals surface area contributed by atoms with Crippen LogP contribution in [0.2, 0.25) is 0 Å². The minimum atomic E-state index is 0.132. The molecule has 1 saturated heterocycles. The Balaban J connectivity index is 1.66. The highest BCUT2D eigenvalue weighted by Gasteiger charge is 2.37. The van der Waals surface area contributed by atoms with Crippen molar-refractivity contribution in [1.82, 2.24) is 0 Å². The van der Waals surface area contributed by atoms with E-state index in [0.29, 0.717) is 0 Å². The molecule has 0 radical (unpaired) electrons. The van der Waals surface area contributed by atoms with Gasteiger partial charge in [0.25, 0.3) is 0 Å². The van der Waals surface area contributed by atoms with Gasteiger partial charge in [-0.15, -0.1) is 0 Å². The van der Waals surface area contributed by atoms with E-state index in [1.807, 2.05) is 0 Å². The second-order valence-corrected chi connectivity index (χ2v) is 5.75. The number of piperidine rings is 1. The molecular formula is C15H22N2. The lowest BCUT2D eigenvalue weighted by atomic mass is 10.0. The highest BCUT2D eigenvalue weighted by Crippen LogP contribution is 2.35. The van der Waals surface area contributed by atoms with Crippen LogP contribution in [0.1, 0.15) is 37.7 Å². The fourth-order valence-corrected chi connectivity index (χ4v) is 2.72. The largest absolute Gasteiger partial charge is 0.372 e. The standard InChI is InChI=1S/C15H22N2/c16-15(8-9-15)12-13-4-6-14(7-5-13)17-10-2-1-3-11-17/h4-7H,1-3,8-12,16H2. The van der Waals surface area contributed by atoms with Gasteiger partial charge in [0.2, 0.25) is 0 Å².